The standard InChI is InChI=1S/C11H14INS/c1-2-6-13-9-4-3-5-10-8(9)7-11(12)14-10/h2,7,9,13H,1,3-6H2. The van der Waals surface area contributed by atoms with Crippen molar-refractivity contribution >= 4 is 33.9 Å². The topological polar surface area (TPSA) is 12.0 Å². The van der Waals surface area contributed by atoms with Crippen LogP contribution in [0.2, 0.25) is 0 Å². The Kier molecular flexibility index (Phi) is 3.62. The van der Waals surface area contributed by atoms with Crippen molar-refractivity contribution in [3.8, 4) is 0 Å². The zero-order valence-corrected chi connectivity index (χ0v) is 11.0. The van der Waals surface area contributed by atoms with Crippen LogP contribution in [0.15, 0.2) is 18.7 Å². The molecule has 1 aliphatic carbocycles. The van der Waals surface area contributed by atoms with E-state index in [0.29, 0.717) is 6.04 Å². The van der Waals surface area contributed by atoms with Gasteiger partial charge in [-0.25, -0.2) is 0 Å². The lowest BCUT2D eigenvalue weighted by Gasteiger charge is -2.22. The van der Waals surface area contributed by atoms with Crippen molar-refractivity contribution < 1.29 is 0 Å². The summed E-state index contributed by atoms with van der Waals surface area (Å²) in [6.07, 6.45) is 5.80. The van der Waals surface area contributed by atoms with Crippen molar-refractivity contribution in [3.63, 3.8) is 0 Å². The van der Waals surface area contributed by atoms with Gasteiger partial charge in [0.05, 0.1) is 2.88 Å². The fourth-order valence-electron chi connectivity index (χ4n) is 1.96. The molecule has 0 fully saturated rings. The minimum Gasteiger partial charge on any atom is -0.306 e. The maximum absolute atomic E-state index is 3.74. The third-order valence-corrected chi connectivity index (χ3v) is 4.56. The summed E-state index contributed by atoms with van der Waals surface area (Å²) in [6, 6.07) is 2.90. The third-order valence-electron chi connectivity index (χ3n) is 2.59. The van der Waals surface area contributed by atoms with Crippen molar-refractivity contribution in [2.24, 2.45) is 0 Å². The van der Waals surface area contributed by atoms with Crippen LogP contribution in [-0.4, -0.2) is 6.54 Å². The highest BCUT2D eigenvalue weighted by Gasteiger charge is 2.21. The predicted octanol–water partition coefficient (Wildman–Crippen LogP) is 3.51. The number of fused-ring (bicyclic) bond motifs is 1. The molecule has 0 aliphatic heterocycles. The molecule has 1 N–H and O–H groups in total. The first-order valence-corrected chi connectivity index (χ1v) is 6.83. The Hall–Kier alpha value is 0.130. The summed E-state index contributed by atoms with van der Waals surface area (Å²) in [5, 5.41) is 3.53. The molecule has 14 heavy (non-hydrogen) atoms. The van der Waals surface area contributed by atoms with Crippen LogP contribution in [0, 0.1) is 2.88 Å². The van der Waals surface area contributed by atoms with E-state index in [4.69, 9.17) is 0 Å². The van der Waals surface area contributed by atoms with Crippen LogP contribution in [0.1, 0.15) is 29.3 Å². The van der Waals surface area contributed by atoms with Gasteiger partial charge in [-0.2, -0.15) is 0 Å². The lowest BCUT2D eigenvalue weighted by molar-refractivity contribution is 0.485. The summed E-state index contributed by atoms with van der Waals surface area (Å²) in [5.41, 5.74) is 1.53. The van der Waals surface area contributed by atoms with E-state index in [9.17, 15) is 0 Å². The average Bonchev–Trinajstić information content (AvgIpc) is 2.55. The lowest BCUT2D eigenvalue weighted by atomic mass is 9.94. The average molecular weight is 319 g/mol. The predicted molar refractivity (Wildman–Crippen MR) is 70.9 cm³/mol. The van der Waals surface area contributed by atoms with Crippen molar-refractivity contribution in [2.75, 3.05) is 6.54 Å². The lowest BCUT2D eigenvalue weighted by Crippen LogP contribution is -2.24. The fourth-order valence-corrected chi connectivity index (χ4v) is 4.08. The molecule has 0 spiro atoms. The molecule has 3 heteroatoms. The van der Waals surface area contributed by atoms with Gasteiger partial charge in [0.1, 0.15) is 0 Å². The highest BCUT2D eigenvalue weighted by molar-refractivity contribution is 14.1. The Labute approximate surface area is 103 Å². The summed E-state index contributed by atoms with van der Waals surface area (Å²) < 4.78 is 1.42. The Morgan fingerprint density at radius 1 is 1.71 bits per heavy atom. The van der Waals surface area contributed by atoms with Gasteiger partial charge < -0.3 is 5.32 Å². The molecule has 76 valence electrons. The molecule has 1 unspecified atom stereocenters. The molecule has 1 atom stereocenters. The number of halogens is 1. The number of aryl methyl sites for hydroxylation is 1. The van der Waals surface area contributed by atoms with E-state index < -0.39 is 0 Å². The van der Waals surface area contributed by atoms with Gasteiger partial charge in [0, 0.05) is 17.5 Å². The van der Waals surface area contributed by atoms with Crippen LogP contribution in [0.3, 0.4) is 0 Å². The molecular formula is C11H14INS. The molecule has 0 aromatic carbocycles. The smallest absolute Gasteiger partial charge is 0.0659 e. The van der Waals surface area contributed by atoms with Crippen LogP contribution in [0.5, 0.6) is 0 Å². The molecule has 0 saturated heterocycles. The maximum atomic E-state index is 3.74. The van der Waals surface area contributed by atoms with Crippen LogP contribution in [0.4, 0.5) is 0 Å². The maximum Gasteiger partial charge on any atom is 0.0659 e. The molecule has 1 aromatic rings. The van der Waals surface area contributed by atoms with E-state index >= 15 is 0 Å². The van der Waals surface area contributed by atoms with Crippen LogP contribution in [0.25, 0.3) is 0 Å². The molecule has 1 nitrogen and oxygen atoms in total. The molecular weight excluding hydrogens is 305 g/mol. The molecule has 0 amide bonds. The molecule has 0 saturated carbocycles. The van der Waals surface area contributed by atoms with E-state index in [1.807, 2.05) is 17.4 Å². The van der Waals surface area contributed by atoms with Gasteiger partial charge in [-0.05, 0) is 53.5 Å². The number of nitrogens with one attached hydrogen (secondary N) is 1. The highest BCUT2D eigenvalue weighted by atomic mass is 127. The van der Waals surface area contributed by atoms with Gasteiger partial charge >= 0.3 is 0 Å². The monoisotopic (exact) mass is 319 g/mol. The quantitative estimate of drug-likeness (QED) is 0.664. The molecule has 1 aromatic heterocycles. The Morgan fingerprint density at radius 2 is 2.57 bits per heavy atom. The van der Waals surface area contributed by atoms with E-state index in [0.717, 1.165) is 6.54 Å². The van der Waals surface area contributed by atoms with Crippen molar-refractivity contribution in [3.05, 3.63) is 32.0 Å². The highest BCUT2D eigenvalue weighted by Crippen LogP contribution is 2.36. The van der Waals surface area contributed by atoms with Gasteiger partial charge in [0.15, 0.2) is 0 Å². The third kappa shape index (κ3) is 2.20. The van der Waals surface area contributed by atoms with E-state index in [1.54, 1.807) is 4.88 Å². The number of hydrogen-bond donors (Lipinski definition) is 1. The Balaban J connectivity index is 2.17. The van der Waals surface area contributed by atoms with Crippen LogP contribution >= 0.6 is 33.9 Å². The Bertz CT molecular complexity index is 332. The van der Waals surface area contributed by atoms with E-state index in [2.05, 4.69) is 40.6 Å². The normalized spacial score (nSPS) is 20.5. The summed E-state index contributed by atoms with van der Waals surface area (Å²) in [6.45, 7) is 4.66. The van der Waals surface area contributed by atoms with Gasteiger partial charge in [0.2, 0.25) is 0 Å². The van der Waals surface area contributed by atoms with Gasteiger partial charge in [-0.15, -0.1) is 17.9 Å². The SMILES string of the molecule is C=CCNC1CCCc2sc(I)cc21. The number of rotatable bonds is 3. The molecule has 1 aliphatic rings. The van der Waals surface area contributed by atoms with E-state index in [-0.39, 0.29) is 0 Å². The zero-order chi connectivity index (χ0) is 9.97. The van der Waals surface area contributed by atoms with Crippen molar-refractivity contribution in [2.45, 2.75) is 25.3 Å². The van der Waals surface area contributed by atoms with Gasteiger partial charge in [-0.1, -0.05) is 6.08 Å². The minimum atomic E-state index is 0.566. The number of hydrogen-bond acceptors (Lipinski definition) is 2. The van der Waals surface area contributed by atoms with Crippen molar-refractivity contribution in [1.82, 2.24) is 5.32 Å². The molecule has 0 radical (unpaired) electrons. The summed E-state index contributed by atoms with van der Waals surface area (Å²) in [5.74, 6) is 0. The van der Waals surface area contributed by atoms with E-state index in [1.165, 1.54) is 27.7 Å². The molecule has 0 bridgehead atoms. The molecule has 1 heterocycles. The summed E-state index contributed by atoms with van der Waals surface area (Å²) in [7, 11) is 0. The molecule has 2 rings (SSSR count). The summed E-state index contributed by atoms with van der Waals surface area (Å²) in [4.78, 5) is 1.59. The number of thiophene rings is 1. The van der Waals surface area contributed by atoms with Gasteiger partial charge in [0.25, 0.3) is 0 Å². The van der Waals surface area contributed by atoms with Crippen LogP contribution in [-0.2, 0) is 6.42 Å². The largest absolute Gasteiger partial charge is 0.306 e. The van der Waals surface area contributed by atoms with Crippen molar-refractivity contribution in [1.29, 1.82) is 0 Å². The second-order valence-electron chi connectivity index (χ2n) is 3.57. The fraction of sp³-hybridized carbons (Fsp3) is 0.455. The first-order chi connectivity index (χ1) is 6.81. The van der Waals surface area contributed by atoms with Gasteiger partial charge in [-0.3, -0.25) is 0 Å². The summed E-state index contributed by atoms with van der Waals surface area (Å²) >= 11 is 4.37. The van der Waals surface area contributed by atoms with Crippen LogP contribution < -0.4 is 5.32 Å². The first kappa shape index (κ1) is 10.6. The second kappa shape index (κ2) is 4.77. The first-order valence-electron chi connectivity index (χ1n) is 4.93. The minimum absolute atomic E-state index is 0.566. The Morgan fingerprint density at radius 3 is 3.36 bits per heavy atom. The second-order valence-corrected chi connectivity index (χ2v) is 6.60. The zero-order valence-electron chi connectivity index (χ0n) is 8.05.